The first-order chi connectivity index (χ1) is 9.63. The molecule has 1 aromatic heterocycles. The largest absolute Gasteiger partial charge is 0.270 e. The fourth-order valence-corrected chi connectivity index (χ4v) is 2.34. The molecular weight excluding hydrogens is 278 g/mol. The minimum atomic E-state index is -0.409. The summed E-state index contributed by atoms with van der Waals surface area (Å²) >= 11 is 5.95. The maximum atomic E-state index is 10.7. The lowest BCUT2D eigenvalue weighted by molar-refractivity contribution is -0.384. The molecule has 0 aliphatic heterocycles. The number of fused-ring (bicyclic) bond motifs is 1. The topological polar surface area (TPSA) is 61.0 Å². The van der Waals surface area contributed by atoms with E-state index in [0.29, 0.717) is 11.6 Å². The Bertz CT molecular complexity index is 798. The minimum absolute atomic E-state index is 0.0693. The number of halogens is 1. The number of hydrogen-bond donors (Lipinski definition) is 0. The molecule has 3 aromatic rings. The molecule has 2 aromatic carbocycles. The van der Waals surface area contributed by atoms with Crippen LogP contribution in [0.5, 0.6) is 0 Å². The second-order valence-electron chi connectivity index (χ2n) is 4.43. The fraction of sp³-hybridized carbons (Fsp3) is 0.0714. The predicted molar refractivity (Wildman–Crippen MR) is 76.9 cm³/mol. The van der Waals surface area contributed by atoms with Gasteiger partial charge in [-0.2, -0.15) is 5.10 Å². The van der Waals surface area contributed by atoms with Crippen molar-refractivity contribution in [3.8, 4) is 0 Å². The summed E-state index contributed by atoms with van der Waals surface area (Å²) in [5, 5.41) is 16.4. The summed E-state index contributed by atoms with van der Waals surface area (Å²) in [6.07, 6.45) is 1.63. The van der Waals surface area contributed by atoms with E-state index in [4.69, 9.17) is 11.6 Å². The molecule has 0 spiro atoms. The number of nitro benzene ring substituents is 1. The van der Waals surface area contributed by atoms with E-state index in [-0.39, 0.29) is 5.69 Å². The number of benzene rings is 2. The molecular formula is C14H10ClN3O2. The quantitative estimate of drug-likeness (QED) is 0.546. The van der Waals surface area contributed by atoms with Gasteiger partial charge in [0.15, 0.2) is 0 Å². The molecule has 0 fully saturated rings. The van der Waals surface area contributed by atoms with Crippen LogP contribution >= 0.6 is 11.6 Å². The normalized spacial score (nSPS) is 10.8. The van der Waals surface area contributed by atoms with Gasteiger partial charge in [-0.05, 0) is 23.8 Å². The van der Waals surface area contributed by atoms with E-state index in [1.54, 1.807) is 16.9 Å². The van der Waals surface area contributed by atoms with Crippen molar-refractivity contribution in [1.29, 1.82) is 0 Å². The van der Waals surface area contributed by atoms with Gasteiger partial charge in [0.25, 0.3) is 5.69 Å². The van der Waals surface area contributed by atoms with Crippen molar-refractivity contribution in [1.82, 2.24) is 9.78 Å². The average Bonchev–Trinajstić information content (AvgIpc) is 2.81. The molecule has 0 unspecified atom stereocenters. The summed E-state index contributed by atoms with van der Waals surface area (Å²) in [7, 11) is 0. The third-order valence-electron chi connectivity index (χ3n) is 3.06. The van der Waals surface area contributed by atoms with Crippen LogP contribution in [0.4, 0.5) is 5.69 Å². The first-order valence-electron chi connectivity index (χ1n) is 5.98. The van der Waals surface area contributed by atoms with Gasteiger partial charge < -0.3 is 0 Å². The Morgan fingerprint density at radius 1 is 1.25 bits per heavy atom. The lowest BCUT2D eigenvalue weighted by Crippen LogP contribution is -2.01. The van der Waals surface area contributed by atoms with Crippen LogP contribution < -0.4 is 0 Å². The highest BCUT2D eigenvalue weighted by atomic mass is 35.5. The van der Waals surface area contributed by atoms with Gasteiger partial charge in [0, 0.05) is 22.5 Å². The Kier molecular flexibility index (Phi) is 3.12. The third kappa shape index (κ3) is 2.35. The molecule has 20 heavy (non-hydrogen) atoms. The average molecular weight is 288 g/mol. The molecule has 0 aliphatic rings. The van der Waals surface area contributed by atoms with Gasteiger partial charge in [0.05, 0.1) is 23.2 Å². The predicted octanol–water partition coefficient (Wildman–Crippen LogP) is 3.65. The molecule has 0 radical (unpaired) electrons. The van der Waals surface area contributed by atoms with Crippen molar-refractivity contribution in [3.63, 3.8) is 0 Å². The van der Waals surface area contributed by atoms with E-state index < -0.39 is 4.92 Å². The molecule has 0 amide bonds. The highest BCUT2D eigenvalue weighted by Crippen LogP contribution is 2.21. The zero-order valence-corrected chi connectivity index (χ0v) is 11.1. The number of rotatable bonds is 3. The highest BCUT2D eigenvalue weighted by Gasteiger charge is 2.09. The van der Waals surface area contributed by atoms with Crippen LogP contribution in [0.25, 0.3) is 10.9 Å². The fourth-order valence-electron chi connectivity index (χ4n) is 2.12. The van der Waals surface area contributed by atoms with Gasteiger partial charge in [-0.25, -0.2) is 0 Å². The van der Waals surface area contributed by atoms with Gasteiger partial charge >= 0.3 is 0 Å². The Balaban J connectivity index is 1.98. The molecule has 6 heteroatoms. The maximum absolute atomic E-state index is 10.7. The Morgan fingerprint density at radius 3 is 2.85 bits per heavy atom. The molecule has 100 valence electrons. The molecule has 0 atom stereocenters. The van der Waals surface area contributed by atoms with Gasteiger partial charge in [-0.15, -0.1) is 0 Å². The van der Waals surface area contributed by atoms with Gasteiger partial charge in [-0.3, -0.25) is 14.8 Å². The number of nitro groups is 1. The van der Waals surface area contributed by atoms with Crippen molar-refractivity contribution in [3.05, 3.63) is 69.4 Å². The molecule has 0 saturated carbocycles. The first-order valence-corrected chi connectivity index (χ1v) is 6.36. The van der Waals surface area contributed by atoms with Crippen LogP contribution in [0, 0.1) is 10.1 Å². The SMILES string of the molecule is O=[N+]([O-])c1ccc2c(cnn2Cc2cccc(Cl)c2)c1. The molecule has 3 rings (SSSR count). The first kappa shape index (κ1) is 12.6. The Labute approximate surface area is 119 Å². The highest BCUT2D eigenvalue weighted by molar-refractivity contribution is 6.30. The summed E-state index contributed by atoms with van der Waals surface area (Å²) in [6.45, 7) is 0.571. The van der Waals surface area contributed by atoms with Crippen LogP contribution in [0.2, 0.25) is 5.02 Å². The van der Waals surface area contributed by atoms with Crippen LogP contribution in [-0.2, 0) is 6.54 Å². The van der Waals surface area contributed by atoms with Gasteiger partial charge in [0.1, 0.15) is 0 Å². The molecule has 0 saturated heterocycles. The van der Waals surface area contributed by atoms with Gasteiger partial charge in [-0.1, -0.05) is 23.7 Å². The molecule has 0 bridgehead atoms. The van der Waals surface area contributed by atoms with E-state index in [1.165, 1.54) is 12.1 Å². The minimum Gasteiger partial charge on any atom is -0.260 e. The lowest BCUT2D eigenvalue weighted by Gasteiger charge is -2.04. The van der Waals surface area contributed by atoms with Crippen molar-refractivity contribution in [2.75, 3.05) is 0 Å². The standard InChI is InChI=1S/C14H10ClN3O2/c15-12-3-1-2-10(6-12)9-17-14-5-4-13(18(19)20)7-11(14)8-16-17/h1-8H,9H2. The molecule has 0 aliphatic carbocycles. The van der Waals surface area contributed by atoms with Crippen LogP contribution in [0.1, 0.15) is 5.56 Å². The van der Waals surface area contributed by atoms with Crippen molar-refractivity contribution < 1.29 is 4.92 Å². The zero-order chi connectivity index (χ0) is 14.1. The van der Waals surface area contributed by atoms with Crippen molar-refractivity contribution in [2.24, 2.45) is 0 Å². The third-order valence-corrected chi connectivity index (χ3v) is 3.29. The van der Waals surface area contributed by atoms with E-state index in [1.807, 2.05) is 24.3 Å². The van der Waals surface area contributed by atoms with Crippen LogP contribution in [0.15, 0.2) is 48.7 Å². The number of nitrogens with zero attached hydrogens (tertiary/aromatic N) is 3. The van der Waals surface area contributed by atoms with E-state index >= 15 is 0 Å². The summed E-state index contributed by atoms with van der Waals surface area (Å²) in [4.78, 5) is 10.3. The van der Waals surface area contributed by atoms with Crippen molar-refractivity contribution >= 4 is 28.2 Å². The summed E-state index contributed by atoms with van der Waals surface area (Å²) < 4.78 is 1.80. The van der Waals surface area contributed by atoms with Crippen molar-refractivity contribution in [2.45, 2.75) is 6.54 Å². The Morgan fingerprint density at radius 2 is 2.10 bits per heavy atom. The lowest BCUT2D eigenvalue weighted by atomic mass is 10.2. The van der Waals surface area contributed by atoms with E-state index in [2.05, 4.69) is 5.10 Å². The Hall–Kier alpha value is -2.40. The summed E-state index contributed by atoms with van der Waals surface area (Å²) in [5.74, 6) is 0. The number of aromatic nitrogens is 2. The second-order valence-corrected chi connectivity index (χ2v) is 4.87. The number of non-ortho nitro benzene ring substituents is 1. The zero-order valence-electron chi connectivity index (χ0n) is 10.4. The number of hydrogen-bond acceptors (Lipinski definition) is 3. The summed E-state index contributed by atoms with van der Waals surface area (Å²) in [6, 6.07) is 12.3. The van der Waals surface area contributed by atoms with Crippen LogP contribution in [-0.4, -0.2) is 14.7 Å². The molecule has 1 heterocycles. The molecule has 5 nitrogen and oxygen atoms in total. The van der Waals surface area contributed by atoms with E-state index in [0.717, 1.165) is 16.5 Å². The second kappa shape index (κ2) is 4.94. The monoisotopic (exact) mass is 287 g/mol. The van der Waals surface area contributed by atoms with Crippen LogP contribution in [0.3, 0.4) is 0 Å². The van der Waals surface area contributed by atoms with E-state index in [9.17, 15) is 10.1 Å². The molecule has 0 N–H and O–H groups in total. The van der Waals surface area contributed by atoms with Gasteiger partial charge in [0.2, 0.25) is 0 Å². The summed E-state index contributed by atoms with van der Waals surface area (Å²) in [5.41, 5.74) is 1.95. The smallest absolute Gasteiger partial charge is 0.260 e. The maximum Gasteiger partial charge on any atom is 0.270 e.